The molecule has 130 valence electrons. The molecule has 4 saturated carbocycles. The average Bonchev–Trinajstić information content (AvgIpc) is 2.66. The molecule has 0 saturated heterocycles. The third-order valence-electron chi connectivity index (χ3n) is 8.89. The molecule has 0 radical (unpaired) electrons. The second-order valence-corrected chi connectivity index (χ2v) is 9.69. The molecule has 0 aromatic heterocycles. The fourth-order valence-electron chi connectivity index (χ4n) is 7.89. The highest BCUT2D eigenvalue weighted by molar-refractivity contribution is 5.29. The van der Waals surface area contributed by atoms with E-state index in [0.717, 1.165) is 41.9 Å². The van der Waals surface area contributed by atoms with Crippen LogP contribution in [0.5, 0.6) is 0 Å². The lowest BCUT2D eigenvalue weighted by molar-refractivity contribution is 0.00720. The molecule has 1 heteroatoms. The number of hydrogen-bond donors (Lipinski definition) is 0. The molecular formula is C23H33N. The Balaban J connectivity index is 1.42. The molecule has 7 atom stereocenters. The molecule has 0 aromatic rings. The van der Waals surface area contributed by atoms with Crippen LogP contribution in [0.25, 0.3) is 0 Å². The summed E-state index contributed by atoms with van der Waals surface area (Å²) in [6, 6.07) is 2.59. The van der Waals surface area contributed by atoms with Crippen LogP contribution in [0.15, 0.2) is 11.1 Å². The van der Waals surface area contributed by atoms with Gasteiger partial charge in [-0.05, 0) is 99.7 Å². The van der Waals surface area contributed by atoms with Gasteiger partial charge in [0, 0.05) is 0 Å². The Kier molecular flexibility index (Phi) is 3.99. The van der Waals surface area contributed by atoms with Crippen LogP contribution < -0.4 is 0 Å². The minimum Gasteiger partial charge on any atom is -0.198 e. The Morgan fingerprint density at radius 2 is 1.58 bits per heavy atom. The fraction of sp³-hybridized carbons (Fsp3) is 0.870. The summed E-state index contributed by atoms with van der Waals surface area (Å²) in [6.45, 7) is 0. The lowest BCUT2D eigenvalue weighted by atomic mass is 9.51. The van der Waals surface area contributed by atoms with Crippen molar-refractivity contribution in [1.82, 2.24) is 0 Å². The van der Waals surface area contributed by atoms with Gasteiger partial charge in [-0.2, -0.15) is 5.26 Å². The fourth-order valence-corrected chi connectivity index (χ4v) is 7.89. The van der Waals surface area contributed by atoms with E-state index in [1.54, 1.807) is 18.4 Å². The highest BCUT2D eigenvalue weighted by atomic mass is 14.5. The minimum atomic E-state index is 0.328. The van der Waals surface area contributed by atoms with Crippen molar-refractivity contribution in [3.63, 3.8) is 0 Å². The van der Waals surface area contributed by atoms with Crippen LogP contribution >= 0.6 is 0 Å². The van der Waals surface area contributed by atoms with Crippen molar-refractivity contribution in [1.29, 1.82) is 5.26 Å². The summed E-state index contributed by atoms with van der Waals surface area (Å²) in [5, 5.41) is 9.42. The van der Waals surface area contributed by atoms with E-state index in [1.807, 2.05) is 5.57 Å². The number of hydrogen-bond acceptors (Lipinski definition) is 1. The van der Waals surface area contributed by atoms with E-state index >= 15 is 0 Å². The summed E-state index contributed by atoms with van der Waals surface area (Å²) in [6.07, 6.45) is 18.6. The molecule has 0 aromatic carbocycles. The molecule has 0 spiro atoms. The van der Waals surface area contributed by atoms with E-state index in [-0.39, 0.29) is 0 Å². The maximum Gasteiger partial charge on any atom is 0.0659 e. The molecule has 5 aliphatic rings. The number of allylic oxidation sites excluding steroid dienone is 2. The second-order valence-electron chi connectivity index (χ2n) is 9.69. The van der Waals surface area contributed by atoms with Crippen LogP contribution in [0, 0.1) is 52.8 Å². The monoisotopic (exact) mass is 323 g/mol. The van der Waals surface area contributed by atoms with Gasteiger partial charge in [-0.15, -0.1) is 0 Å². The molecule has 1 nitrogen and oxygen atoms in total. The van der Waals surface area contributed by atoms with Gasteiger partial charge in [0.2, 0.25) is 0 Å². The number of nitrogens with zero attached hydrogens (tertiary/aromatic N) is 1. The molecule has 0 N–H and O–H groups in total. The van der Waals surface area contributed by atoms with Crippen LogP contribution in [0.3, 0.4) is 0 Å². The summed E-state index contributed by atoms with van der Waals surface area (Å²) in [5.41, 5.74) is 3.69. The van der Waals surface area contributed by atoms with E-state index in [9.17, 15) is 5.26 Å². The molecule has 5 aliphatic carbocycles. The Morgan fingerprint density at radius 3 is 2.50 bits per heavy atom. The van der Waals surface area contributed by atoms with Crippen LogP contribution in [0.1, 0.15) is 83.5 Å². The first kappa shape index (κ1) is 15.5. The zero-order valence-corrected chi connectivity index (χ0v) is 15.2. The van der Waals surface area contributed by atoms with Gasteiger partial charge in [0.15, 0.2) is 0 Å². The highest BCUT2D eigenvalue weighted by Gasteiger charge is 2.48. The van der Waals surface area contributed by atoms with Crippen LogP contribution in [0.4, 0.5) is 0 Å². The van der Waals surface area contributed by atoms with E-state index in [4.69, 9.17) is 0 Å². The first-order valence-corrected chi connectivity index (χ1v) is 11.0. The minimum absolute atomic E-state index is 0.328. The standard InChI is InChI=1S/C23H33N/c24-14-15-5-6-17-8-10-21-20-9-7-16-3-1-2-4-18(16)19(20)11-12-22(21)23(17)13-15/h15-21H,1-13H2. The summed E-state index contributed by atoms with van der Waals surface area (Å²) in [5.74, 6) is 6.37. The van der Waals surface area contributed by atoms with E-state index in [2.05, 4.69) is 6.07 Å². The number of rotatable bonds is 0. The molecule has 5 rings (SSSR count). The average molecular weight is 324 g/mol. The van der Waals surface area contributed by atoms with Crippen molar-refractivity contribution in [2.45, 2.75) is 83.5 Å². The van der Waals surface area contributed by atoms with Gasteiger partial charge in [0.25, 0.3) is 0 Å². The molecule has 0 amide bonds. The third kappa shape index (κ3) is 2.40. The maximum atomic E-state index is 9.42. The maximum absolute atomic E-state index is 9.42. The second kappa shape index (κ2) is 6.19. The lowest BCUT2D eigenvalue weighted by Crippen LogP contribution is -2.44. The van der Waals surface area contributed by atoms with Crippen LogP contribution in [0.2, 0.25) is 0 Å². The first-order chi connectivity index (χ1) is 11.8. The summed E-state index contributed by atoms with van der Waals surface area (Å²) >= 11 is 0. The van der Waals surface area contributed by atoms with Gasteiger partial charge in [-0.1, -0.05) is 30.4 Å². The molecule has 24 heavy (non-hydrogen) atoms. The largest absolute Gasteiger partial charge is 0.198 e. The molecule has 0 aliphatic heterocycles. The Hall–Kier alpha value is -0.770. The van der Waals surface area contributed by atoms with Gasteiger partial charge >= 0.3 is 0 Å². The van der Waals surface area contributed by atoms with Crippen LogP contribution in [-0.2, 0) is 0 Å². The molecular weight excluding hydrogens is 290 g/mol. The Bertz CT molecular complexity index is 567. The number of fused-ring (bicyclic) bond motifs is 6. The third-order valence-corrected chi connectivity index (χ3v) is 8.89. The smallest absolute Gasteiger partial charge is 0.0659 e. The van der Waals surface area contributed by atoms with Crippen molar-refractivity contribution in [3.05, 3.63) is 11.1 Å². The Labute approximate surface area is 147 Å². The summed E-state index contributed by atoms with van der Waals surface area (Å²) in [4.78, 5) is 0. The zero-order chi connectivity index (χ0) is 16.1. The van der Waals surface area contributed by atoms with Crippen molar-refractivity contribution < 1.29 is 0 Å². The highest BCUT2D eigenvalue weighted by Crippen LogP contribution is 2.58. The molecule has 0 bridgehead atoms. The van der Waals surface area contributed by atoms with E-state index < -0.39 is 0 Å². The Morgan fingerprint density at radius 1 is 0.708 bits per heavy atom. The predicted molar refractivity (Wildman–Crippen MR) is 97.1 cm³/mol. The van der Waals surface area contributed by atoms with Gasteiger partial charge in [-0.25, -0.2) is 0 Å². The topological polar surface area (TPSA) is 23.8 Å². The van der Waals surface area contributed by atoms with Gasteiger partial charge in [0.05, 0.1) is 12.0 Å². The number of nitriles is 1. The molecule has 7 unspecified atom stereocenters. The van der Waals surface area contributed by atoms with Crippen molar-refractivity contribution in [3.8, 4) is 6.07 Å². The van der Waals surface area contributed by atoms with Gasteiger partial charge in [0.1, 0.15) is 0 Å². The van der Waals surface area contributed by atoms with Crippen molar-refractivity contribution >= 4 is 0 Å². The van der Waals surface area contributed by atoms with E-state index in [0.29, 0.717) is 5.92 Å². The van der Waals surface area contributed by atoms with Crippen molar-refractivity contribution in [2.75, 3.05) is 0 Å². The molecule has 0 heterocycles. The normalized spacial score (nSPS) is 47.7. The summed E-state index contributed by atoms with van der Waals surface area (Å²) < 4.78 is 0. The van der Waals surface area contributed by atoms with E-state index in [1.165, 1.54) is 64.2 Å². The van der Waals surface area contributed by atoms with Gasteiger partial charge in [-0.3, -0.25) is 0 Å². The van der Waals surface area contributed by atoms with Gasteiger partial charge < -0.3 is 0 Å². The predicted octanol–water partition coefficient (Wildman–Crippen LogP) is 6.26. The van der Waals surface area contributed by atoms with Crippen molar-refractivity contribution in [2.24, 2.45) is 41.4 Å². The molecule has 4 fully saturated rings. The quantitative estimate of drug-likeness (QED) is 0.483. The van der Waals surface area contributed by atoms with Crippen LogP contribution in [-0.4, -0.2) is 0 Å². The first-order valence-electron chi connectivity index (χ1n) is 11.0. The lowest BCUT2D eigenvalue weighted by Gasteiger charge is -2.54. The summed E-state index contributed by atoms with van der Waals surface area (Å²) in [7, 11) is 0. The SMILES string of the molecule is N#CC1CCC2CCC3C(=C2C1)CCC1C2CCCCC2CCC31. The zero-order valence-electron chi connectivity index (χ0n) is 15.2.